The van der Waals surface area contributed by atoms with Crippen molar-refractivity contribution in [2.24, 2.45) is 0 Å². The van der Waals surface area contributed by atoms with Gasteiger partial charge in [0.15, 0.2) is 5.75 Å². The number of alkyl halides is 1. The van der Waals surface area contributed by atoms with Crippen LogP contribution in [0.1, 0.15) is 0 Å². The summed E-state index contributed by atoms with van der Waals surface area (Å²) in [5.41, 5.74) is 0.659. The predicted octanol–water partition coefficient (Wildman–Crippen LogP) is 4.78. The van der Waals surface area contributed by atoms with E-state index < -0.39 is 0 Å². The SMILES string of the molecule is ClCCOCCOc1c(I)cc(Cl)c2ccc(Cl)nc12. The highest BCUT2D eigenvalue weighted by Gasteiger charge is 2.13. The van der Waals surface area contributed by atoms with Gasteiger partial charge >= 0.3 is 0 Å². The van der Waals surface area contributed by atoms with Crippen LogP contribution in [0.5, 0.6) is 5.75 Å². The average molecular weight is 446 g/mol. The van der Waals surface area contributed by atoms with Crippen molar-refractivity contribution in [2.45, 2.75) is 0 Å². The molecule has 0 aliphatic heterocycles. The van der Waals surface area contributed by atoms with Gasteiger partial charge in [-0.15, -0.1) is 11.6 Å². The summed E-state index contributed by atoms with van der Waals surface area (Å²) in [6.07, 6.45) is 0. The Labute approximate surface area is 145 Å². The van der Waals surface area contributed by atoms with Crippen molar-refractivity contribution >= 4 is 68.3 Å². The second kappa shape index (κ2) is 7.84. The molecule has 0 unspecified atom stereocenters. The van der Waals surface area contributed by atoms with Crippen LogP contribution >= 0.6 is 57.4 Å². The summed E-state index contributed by atoms with van der Waals surface area (Å²) >= 11 is 19.8. The Morgan fingerprint density at radius 2 is 1.95 bits per heavy atom. The third-order valence-corrected chi connectivity index (χ3v) is 3.98. The second-order valence-electron chi connectivity index (χ2n) is 3.85. The first-order valence-electron chi connectivity index (χ1n) is 5.84. The molecule has 0 aliphatic rings. The molecule has 2 aromatic rings. The van der Waals surface area contributed by atoms with Gasteiger partial charge in [0.2, 0.25) is 0 Å². The summed E-state index contributed by atoms with van der Waals surface area (Å²) in [5.74, 6) is 1.14. The lowest BCUT2D eigenvalue weighted by molar-refractivity contribution is 0.111. The number of halogens is 4. The smallest absolute Gasteiger partial charge is 0.159 e. The number of ether oxygens (including phenoxy) is 2. The number of benzene rings is 1. The van der Waals surface area contributed by atoms with Gasteiger partial charge in [-0.05, 0) is 40.8 Å². The largest absolute Gasteiger partial charge is 0.488 e. The summed E-state index contributed by atoms with van der Waals surface area (Å²) < 4.78 is 11.9. The standard InChI is InChI=1S/C13H11Cl3INO2/c14-3-4-19-5-6-20-13-10(17)7-9(15)8-1-2-11(16)18-12(8)13/h1-2,7H,3-6H2. The highest BCUT2D eigenvalue weighted by molar-refractivity contribution is 14.1. The Kier molecular flexibility index (Phi) is 6.42. The van der Waals surface area contributed by atoms with Crippen molar-refractivity contribution in [3.8, 4) is 5.75 Å². The van der Waals surface area contributed by atoms with Crippen LogP contribution in [0, 0.1) is 3.57 Å². The molecule has 3 nitrogen and oxygen atoms in total. The van der Waals surface area contributed by atoms with E-state index in [0.717, 1.165) is 8.96 Å². The molecule has 20 heavy (non-hydrogen) atoms. The first-order valence-corrected chi connectivity index (χ1v) is 8.21. The van der Waals surface area contributed by atoms with Crippen LogP contribution < -0.4 is 4.74 Å². The Morgan fingerprint density at radius 3 is 2.70 bits per heavy atom. The van der Waals surface area contributed by atoms with Crippen molar-refractivity contribution in [1.29, 1.82) is 0 Å². The number of pyridine rings is 1. The van der Waals surface area contributed by atoms with Gasteiger partial charge in [-0.1, -0.05) is 23.2 Å². The van der Waals surface area contributed by atoms with E-state index in [4.69, 9.17) is 44.3 Å². The number of nitrogens with zero attached hydrogens (tertiary/aromatic N) is 1. The van der Waals surface area contributed by atoms with Gasteiger partial charge in [0, 0.05) is 11.3 Å². The van der Waals surface area contributed by atoms with Gasteiger partial charge in [0.1, 0.15) is 17.3 Å². The molecule has 0 N–H and O–H groups in total. The van der Waals surface area contributed by atoms with Crippen LogP contribution in [0.3, 0.4) is 0 Å². The predicted molar refractivity (Wildman–Crippen MR) is 91.5 cm³/mol. The molecule has 0 aliphatic carbocycles. The number of hydrogen-bond donors (Lipinski definition) is 0. The minimum Gasteiger partial charge on any atom is -0.488 e. The molecule has 0 radical (unpaired) electrons. The van der Waals surface area contributed by atoms with Crippen LogP contribution in [0.2, 0.25) is 10.2 Å². The lowest BCUT2D eigenvalue weighted by Crippen LogP contribution is -2.09. The van der Waals surface area contributed by atoms with E-state index in [0.29, 0.717) is 47.1 Å². The lowest BCUT2D eigenvalue weighted by Gasteiger charge is -2.12. The van der Waals surface area contributed by atoms with Crippen molar-refractivity contribution in [1.82, 2.24) is 4.98 Å². The molecule has 0 atom stereocenters. The van der Waals surface area contributed by atoms with Gasteiger partial charge in [-0.25, -0.2) is 4.98 Å². The summed E-state index contributed by atoms with van der Waals surface area (Å²) in [7, 11) is 0. The van der Waals surface area contributed by atoms with E-state index in [1.165, 1.54) is 0 Å². The third-order valence-electron chi connectivity index (χ3n) is 2.50. The Hall–Kier alpha value is -0.0100. The monoisotopic (exact) mass is 445 g/mol. The van der Waals surface area contributed by atoms with Crippen LogP contribution in [-0.4, -0.2) is 30.7 Å². The van der Waals surface area contributed by atoms with Crippen LogP contribution in [0.4, 0.5) is 0 Å². The zero-order valence-electron chi connectivity index (χ0n) is 10.3. The molecule has 0 saturated carbocycles. The molecule has 0 fully saturated rings. The number of rotatable bonds is 6. The maximum absolute atomic E-state index is 6.21. The fraction of sp³-hybridized carbons (Fsp3) is 0.308. The number of hydrogen-bond acceptors (Lipinski definition) is 3. The van der Waals surface area contributed by atoms with Crippen molar-refractivity contribution in [3.05, 3.63) is 31.9 Å². The zero-order valence-corrected chi connectivity index (χ0v) is 14.8. The highest BCUT2D eigenvalue weighted by Crippen LogP contribution is 2.35. The minimum atomic E-state index is 0.402. The lowest BCUT2D eigenvalue weighted by atomic mass is 10.2. The van der Waals surface area contributed by atoms with Gasteiger partial charge in [-0.3, -0.25) is 0 Å². The molecule has 0 amide bonds. The molecule has 0 saturated heterocycles. The summed E-state index contributed by atoms with van der Waals surface area (Å²) in [5, 5.41) is 1.84. The van der Waals surface area contributed by atoms with E-state index >= 15 is 0 Å². The fourth-order valence-corrected chi connectivity index (χ4v) is 3.09. The van der Waals surface area contributed by atoms with E-state index in [2.05, 4.69) is 27.6 Å². The number of fused-ring (bicyclic) bond motifs is 1. The molecule has 7 heteroatoms. The van der Waals surface area contributed by atoms with E-state index in [1.807, 2.05) is 12.1 Å². The molecule has 1 heterocycles. The van der Waals surface area contributed by atoms with Gasteiger partial charge < -0.3 is 9.47 Å². The Morgan fingerprint density at radius 1 is 1.15 bits per heavy atom. The normalized spacial score (nSPS) is 11.0. The van der Waals surface area contributed by atoms with E-state index in [9.17, 15) is 0 Å². The third kappa shape index (κ3) is 4.01. The number of aromatic nitrogens is 1. The first kappa shape index (κ1) is 16.4. The zero-order chi connectivity index (χ0) is 14.5. The van der Waals surface area contributed by atoms with Gasteiger partial charge in [-0.2, -0.15) is 0 Å². The molecule has 0 bridgehead atoms. The topological polar surface area (TPSA) is 31.4 Å². The second-order valence-corrected chi connectivity index (χ2v) is 6.18. The van der Waals surface area contributed by atoms with Crippen molar-refractivity contribution < 1.29 is 9.47 Å². The van der Waals surface area contributed by atoms with Crippen LogP contribution in [0.25, 0.3) is 10.9 Å². The maximum atomic E-state index is 6.21. The summed E-state index contributed by atoms with van der Waals surface area (Å²) in [6.45, 7) is 1.39. The van der Waals surface area contributed by atoms with Crippen LogP contribution in [0.15, 0.2) is 18.2 Å². The molecule has 108 valence electrons. The van der Waals surface area contributed by atoms with Crippen LogP contribution in [-0.2, 0) is 4.74 Å². The Bertz CT molecular complexity index is 610. The molecule has 2 rings (SSSR count). The highest BCUT2D eigenvalue weighted by atomic mass is 127. The molecule has 0 spiro atoms. The Balaban J connectivity index is 2.25. The maximum Gasteiger partial charge on any atom is 0.159 e. The molecule has 1 aromatic heterocycles. The summed E-state index contributed by atoms with van der Waals surface area (Å²) in [6, 6.07) is 5.38. The first-order chi connectivity index (χ1) is 9.63. The van der Waals surface area contributed by atoms with Gasteiger partial charge in [0.25, 0.3) is 0 Å². The van der Waals surface area contributed by atoms with Gasteiger partial charge in [0.05, 0.1) is 21.8 Å². The average Bonchev–Trinajstić information content (AvgIpc) is 2.41. The molecular formula is C13H11Cl3INO2. The van der Waals surface area contributed by atoms with Crippen molar-refractivity contribution in [3.63, 3.8) is 0 Å². The molecular weight excluding hydrogens is 435 g/mol. The quantitative estimate of drug-likeness (QED) is 0.277. The summed E-state index contributed by atoms with van der Waals surface area (Å²) in [4.78, 5) is 4.30. The minimum absolute atomic E-state index is 0.402. The van der Waals surface area contributed by atoms with E-state index in [1.54, 1.807) is 6.07 Å². The fourth-order valence-electron chi connectivity index (χ4n) is 1.67. The van der Waals surface area contributed by atoms with Crippen molar-refractivity contribution in [2.75, 3.05) is 25.7 Å². The van der Waals surface area contributed by atoms with E-state index in [-0.39, 0.29) is 0 Å². The molecule has 1 aromatic carbocycles.